The van der Waals surface area contributed by atoms with Gasteiger partial charge in [-0.2, -0.15) is 0 Å². The molecule has 5 nitrogen and oxygen atoms in total. The minimum absolute atomic E-state index is 0.0877. The zero-order chi connectivity index (χ0) is 21.3. The summed E-state index contributed by atoms with van der Waals surface area (Å²) in [5.41, 5.74) is 1.15. The van der Waals surface area contributed by atoms with Crippen molar-refractivity contribution in [2.24, 2.45) is 0 Å². The van der Waals surface area contributed by atoms with E-state index in [1.165, 1.54) is 11.8 Å². The molecule has 1 aromatic heterocycles. The Balaban J connectivity index is 1.70. The fraction of sp³-hybridized carbons (Fsp3) is 0.348. The molecule has 0 spiro atoms. The maximum atomic E-state index is 13.3. The number of thioether (sulfide) groups is 1. The summed E-state index contributed by atoms with van der Waals surface area (Å²) in [4.78, 5) is 33.0. The second kappa shape index (κ2) is 8.82. The highest BCUT2D eigenvalue weighted by Crippen LogP contribution is 2.26. The minimum Gasteiger partial charge on any atom is -0.337 e. The number of carbonyl (C=O) groups excluding carboxylic acids is 1. The van der Waals surface area contributed by atoms with E-state index in [1.54, 1.807) is 34.9 Å². The lowest BCUT2D eigenvalue weighted by Crippen LogP contribution is -2.48. The van der Waals surface area contributed by atoms with E-state index in [0.29, 0.717) is 26.8 Å². The number of hydrogen-bond donors (Lipinski definition) is 0. The van der Waals surface area contributed by atoms with E-state index in [2.05, 4.69) is 13.8 Å². The first-order valence-corrected chi connectivity index (χ1v) is 11.5. The van der Waals surface area contributed by atoms with Gasteiger partial charge in [-0.1, -0.05) is 35.5 Å². The second-order valence-electron chi connectivity index (χ2n) is 7.75. The van der Waals surface area contributed by atoms with Gasteiger partial charge in [0.25, 0.3) is 5.56 Å². The summed E-state index contributed by atoms with van der Waals surface area (Å²) >= 11 is 7.34. The van der Waals surface area contributed by atoms with Crippen LogP contribution in [0.3, 0.4) is 0 Å². The molecule has 2 heterocycles. The Morgan fingerprint density at radius 2 is 1.77 bits per heavy atom. The van der Waals surface area contributed by atoms with Crippen LogP contribution < -0.4 is 5.56 Å². The molecule has 1 saturated heterocycles. The number of hydrogen-bond acceptors (Lipinski definition) is 4. The third-order valence-corrected chi connectivity index (χ3v) is 6.81. The number of halogens is 1. The number of carbonyl (C=O) groups is 1. The Morgan fingerprint density at radius 1 is 1.10 bits per heavy atom. The average molecular weight is 442 g/mol. The number of nitrogens with zero attached hydrogens (tertiary/aromatic N) is 3. The lowest BCUT2D eigenvalue weighted by molar-refractivity contribution is -0.134. The maximum Gasteiger partial charge on any atom is 0.266 e. The SMILES string of the molecule is CC1CCCC(C)N1C(=O)CSc1nc2ccccc2c(=O)n1-c1ccc(Cl)cc1. The largest absolute Gasteiger partial charge is 0.337 e. The van der Waals surface area contributed by atoms with Gasteiger partial charge < -0.3 is 4.90 Å². The van der Waals surface area contributed by atoms with Gasteiger partial charge in [0, 0.05) is 17.1 Å². The fourth-order valence-electron chi connectivity index (χ4n) is 4.14. The van der Waals surface area contributed by atoms with Crippen molar-refractivity contribution in [3.05, 3.63) is 63.9 Å². The first kappa shape index (κ1) is 20.9. The van der Waals surface area contributed by atoms with E-state index in [9.17, 15) is 9.59 Å². The van der Waals surface area contributed by atoms with Crippen LogP contribution in [0, 0.1) is 0 Å². The summed E-state index contributed by atoms with van der Waals surface area (Å²) in [6.07, 6.45) is 3.22. The number of benzene rings is 2. The Morgan fingerprint density at radius 3 is 2.47 bits per heavy atom. The van der Waals surface area contributed by atoms with Crippen LogP contribution in [0.25, 0.3) is 16.6 Å². The number of amides is 1. The molecule has 0 bridgehead atoms. The second-order valence-corrected chi connectivity index (χ2v) is 9.13. The molecule has 30 heavy (non-hydrogen) atoms. The lowest BCUT2D eigenvalue weighted by atomic mass is 9.98. The molecule has 1 aliphatic heterocycles. The van der Waals surface area contributed by atoms with Gasteiger partial charge in [0.05, 0.1) is 22.3 Å². The van der Waals surface area contributed by atoms with Crippen molar-refractivity contribution in [3.8, 4) is 5.69 Å². The number of likely N-dealkylation sites (tertiary alicyclic amines) is 1. The summed E-state index contributed by atoms with van der Waals surface area (Å²) in [5, 5.41) is 1.64. The zero-order valence-electron chi connectivity index (χ0n) is 17.0. The molecular formula is C23H24ClN3O2S. The molecule has 1 aliphatic rings. The van der Waals surface area contributed by atoms with Gasteiger partial charge in [0.2, 0.25) is 5.91 Å². The highest BCUT2D eigenvalue weighted by molar-refractivity contribution is 7.99. The summed E-state index contributed by atoms with van der Waals surface area (Å²) in [6.45, 7) is 4.21. The highest BCUT2D eigenvalue weighted by atomic mass is 35.5. The van der Waals surface area contributed by atoms with E-state index in [4.69, 9.17) is 16.6 Å². The van der Waals surface area contributed by atoms with E-state index < -0.39 is 0 Å². The molecule has 2 aromatic carbocycles. The normalized spacial score (nSPS) is 19.2. The van der Waals surface area contributed by atoms with Crippen LogP contribution in [0.15, 0.2) is 58.5 Å². The number of piperidine rings is 1. The highest BCUT2D eigenvalue weighted by Gasteiger charge is 2.29. The molecular weight excluding hydrogens is 418 g/mol. The average Bonchev–Trinajstić information content (AvgIpc) is 2.73. The van der Waals surface area contributed by atoms with Crippen molar-refractivity contribution in [3.63, 3.8) is 0 Å². The van der Waals surface area contributed by atoms with Crippen LogP contribution in [-0.2, 0) is 4.79 Å². The van der Waals surface area contributed by atoms with Crippen LogP contribution >= 0.6 is 23.4 Å². The van der Waals surface area contributed by atoms with E-state index in [0.717, 1.165) is 19.3 Å². The fourth-order valence-corrected chi connectivity index (χ4v) is 5.15. The smallest absolute Gasteiger partial charge is 0.266 e. The molecule has 0 aliphatic carbocycles. The summed E-state index contributed by atoms with van der Waals surface area (Å²) in [5.74, 6) is 0.331. The van der Waals surface area contributed by atoms with Gasteiger partial charge in [-0.05, 0) is 69.5 Å². The third kappa shape index (κ3) is 4.12. The number of fused-ring (bicyclic) bond motifs is 1. The molecule has 0 saturated carbocycles. The van der Waals surface area contributed by atoms with E-state index in [-0.39, 0.29) is 29.3 Å². The molecule has 0 radical (unpaired) electrons. The topological polar surface area (TPSA) is 55.2 Å². The predicted molar refractivity (Wildman–Crippen MR) is 123 cm³/mol. The van der Waals surface area contributed by atoms with Gasteiger partial charge in [-0.3, -0.25) is 14.2 Å². The Kier molecular flexibility index (Phi) is 6.16. The molecule has 1 amide bonds. The van der Waals surface area contributed by atoms with Crippen LogP contribution in [0.5, 0.6) is 0 Å². The van der Waals surface area contributed by atoms with Crippen LogP contribution in [0.4, 0.5) is 0 Å². The minimum atomic E-state index is -0.155. The van der Waals surface area contributed by atoms with Crippen molar-refractivity contribution < 1.29 is 4.79 Å². The molecule has 7 heteroatoms. The van der Waals surface area contributed by atoms with Crippen LogP contribution in [-0.4, -0.2) is 38.2 Å². The van der Waals surface area contributed by atoms with Crippen LogP contribution in [0.1, 0.15) is 33.1 Å². The predicted octanol–water partition coefficient (Wildman–Crippen LogP) is 4.92. The van der Waals surface area contributed by atoms with Crippen LogP contribution in [0.2, 0.25) is 5.02 Å². The molecule has 4 rings (SSSR count). The third-order valence-electron chi connectivity index (χ3n) is 5.64. The Bertz CT molecular complexity index is 1120. The lowest BCUT2D eigenvalue weighted by Gasteiger charge is -2.39. The van der Waals surface area contributed by atoms with Gasteiger partial charge >= 0.3 is 0 Å². The first-order chi connectivity index (χ1) is 14.5. The van der Waals surface area contributed by atoms with Gasteiger partial charge in [-0.15, -0.1) is 0 Å². The Labute approximate surface area is 185 Å². The van der Waals surface area contributed by atoms with Gasteiger partial charge in [-0.25, -0.2) is 4.98 Å². The van der Waals surface area contributed by atoms with Crippen molar-refractivity contribution in [2.45, 2.75) is 50.4 Å². The summed E-state index contributed by atoms with van der Waals surface area (Å²) in [6, 6.07) is 14.8. The van der Waals surface area contributed by atoms with Crippen molar-refractivity contribution >= 4 is 40.2 Å². The molecule has 0 N–H and O–H groups in total. The molecule has 156 valence electrons. The van der Waals surface area contributed by atoms with E-state index in [1.807, 2.05) is 23.1 Å². The van der Waals surface area contributed by atoms with Gasteiger partial charge in [0.1, 0.15) is 0 Å². The molecule has 2 atom stereocenters. The van der Waals surface area contributed by atoms with Crippen molar-refractivity contribution in [1.82, 2.24) is 14.5 Å². The summed E-state index contributed by atoms with van der Waals surface area (Å²) < 4.78 is 1.57. The Hall–Kier alpha value is -2.31. The number of rotatable bonds is 4. The number of aromatic nitrogens is 2. The van der Waals surface area contributed by atoms with Crippen molar-refractivity contribution in [2.75, 3.05) is 5.75 Å². The first-order valence-electron chi connectivity index (χ1n) is 10.2. The summed E-state index contributed by atoms with van der Waals surface area (Å²) in [7, 11) is 0. The maximum absolute atomic E-state index is 13.3. The molecule has 1 fully saturated rings. The van der Waals surface area contributed by atoms with Crippen molar-refractivity contribution in [1.29, 1.82) is 0 Å². The zero-order valence-corrected chi connectivity index (χ0v) is 18.6. The molecule has 2 unspecified atom stereocenters. The monoisotopic (exact) mass is 441 g/mol. The van der Waals surface area contributed by atoms with E-state index >= 15 is 0 Å². The van der Waals surface area contributed by atoms with Gasteiger partial charge in [0.15, 0.2) is 5.16 Å². The number of para-hydroxylation sites is 1. The quantitative estimate of drug-likeness (QED) is 0.426. The molecule has 3 aromatic rings. The standard InChI is InChI=1S/C23H24ClN3O2S/c1-15-6-5-7-16(2)26(15)21(28)14-30-23-25-20-9-4-3-8-19(20)22(29)27(23)18-12-10-17(24)11-13-18/h3-4,8-13,15-16H,5-7,14H2,1-2H3.